The number of halogens is 1. The molecule has 4 aromatic rings. The van der Waals surface area contributed by atoms with Gasteiger partial charge in [-0.3, -0.25) is 9.89 Å². The summed E-state index contributed by atoms with van der Waals surface area (Å²) in [4.78, 5) is 24.9. The van der Waals surface area contributed by atoms with Gasteiger partial charge < -0.3 is 9.80 Å². The summed E-state index contributed by atoms with van der Waals surface area (Å²) < 4.78 is 0. The Morgan fingerprint density at radius 3 is 2.77 bits per heavy atom. The molecule has 7 nitrogen and oxygen atoms in total. The van der Waals surface area contributed by atoms with Crippen molar-refractivity contribution in [3.8, 4) is 11.1 Å². The fraction of sp³-hybridized carbons (Fsp3) is 0.217. The van der Waals surface area contributed by atoms with Gasteiger partial charge in [0.05, 0.1) is 17.2 Å². The molecule has 1 amide bonds. The molecule has 3 heterocycles. The molecule has 1 N–H and O–H groups in total. The van der Waals surface area contributed by atoms with E-state index in [0.29, 0.717) is 31.2 Å². The number of aromatic nitrogens is 4. The summed E-state index contributed by atoms with van der Waals surface area (Å²) in [6.07, 6.45) is 4.75. The molecule has 0 spiro atoms. The normalized spacial score (nSPS) is 14.4. The number of benzene rings is 2. The van der Waals surface area contributed by atoms with Crippen molar-refractivity contribution in [2.45, 2.75) is 6.92 Å². The number of H-pyrrole nitrogens is 1. The van der Waals surface area contributed by atoms with Gasteiger partial charge in [-0.25, -0.2) is 9.97 Å². The average Bonchev–Trinajstić information content (AvgIpc) is 3.27. The lowest BCUT2D eigenvalue weighted by molar-refractivity contribution is -0.126. The standard InChI is InChI=1S/C23H21ClN6O/c1-3-20(31)29-6-8-30(9-7-29)23-17-10-18(24)16(11-19(17)25-13-26-23)21-14(2)4-5-15-12-27-28-22(15)21/h3-5,10-13H,1,6-9H2,2H3,(H,27,28). The van der Waals surface area contributed by atoms with Crippen molar-refractivity contribution in [3.05, 3.63) is 60.0 Å². The number of nitrogens with zero attached hydrogens (tertiary/aromatic N) is 5. The van der Waals surface area contributed by atoms with Crippen LogP contribution in [0.3, 0.4) is 0 Å². The number of carbonyl (C=O) groups is 1. The van der Waals surface area contributed by atoms with E-state index in [-0.39, 0.29) is 5.91 Å². The highest BCUT2D eigenvalue weighted by Crippen LogP contribution is 2.38. The van der Waals surface area contributed by atoms with Crippen LogP contribution in [-0.2, 0) is 4.79 Å². The highest BCUT2D eigenvalue weighted by molar-refractivity contribution is 6.34. The minimum atomic E-state index is -0.0387. The van der Waals surface area contributed by atoms with E-state index in [2.05, 4.69) is 44.6 Å². The van der Waals surface area contributed by atoms with Crippen molar-refractivity contribution in [2.75, 3.05) is 31.1 Å². The number of aromatic amines is 1. The highest BCUT2D eigenvalue weighted by Gasteiger charge is 2.23. The Labute approximate surface area is 184 Å². The van der Waals surface area contributed by atoms with Crippen molar-refractivity contribution < 1.29 is 4.79 Å². The van der Waals surface area contributed by atoms with Crippen LogP contribution in [0.25, 0.3) is 32.9 Å². The third-order valence-electron chi connectivity index (χ3n) is 5.86. The summed E-state index contributed by atoms with van der Waals surface area (Å²) in [5.74, 6) is 0.795. The van der Waals surface area contributed by atoms with Gasteiger partial charge in [-0.15, -0.1) is 0 Å². The summed E-state index contributed by atoms with van der Waals surface area (Å²) in [6, 6.07) is 8.08. The maximum atomic E-state index is 11.9. The average molecular weight is 433 g/mol. The monoisotopic (exact) mass is 432 g/mol. The zero-order valence-electron chi connectivity index (χ0n) is 17.1. The zero-order valence-corrected chi connectivity index (χ0v) is 17.9. The van der Waals surface area contributed by atoms with Crippen LogP contribution in [-0.4, -0.2) is 57.2 Å². The first kappa shape index (κ1) is 19.5. The Hall–Kier alpha value is -3.45. The summed E-state index contributed by atoms with van der Waals surface area (Å²) in [7, 11) is 0. The Morgan fingerprint density at radius 2 is 2.00 bits per heavy atom. The molecule has 2 aromatic heterocycles. The van der Waals surface area contributed by atoms with Crippen LogP contribution >= 0.6 is 11.6 Å². The van der Waals surface area contributed by atoms with E-state index >= 15 is 0 Å². The molecule has 156 valence electrons. The molecule has 1 aliphatic heterocycles. The second-order valence-corrected chi connectivity index (χ2v) is 8.06. The van der Waals surface area contributed by atoms with E-state index in [9.17, 15) is 4.79 Å². The van der Waals surface area contributed by atoms with Gasteiger partial charge in [0.25, 0.3) is 0 Å². The fourth-order valence-electron chi connectivity index (χ4n) is 4.24. The Bertz CT molecular complexity index is 1320. The lowest BCUT2D eigenvalue weighted by Gasteiger charge is -2.35. The van der Waals surface area contributed by atoms with E-state index in [4.69, 9.17) is 11.6 Å². The molecule has 31 heavy (non-hydrogen) atoms. The lowest BCUT2D eigenvalue weighted by Crippen LogP contribution is -2.48. The first-order chi connectivity index (χ1) is 15.1. The second-order valence-electron chi connectivity index (χ2n) is 7.65. The first-order valence-corrected chi connectivity index (χ1v) is 10.5. The molecule has 5 rings (SSSR count). The number of fused-ring (bicyclic) bond motifs is 2. The molecule has 8 heteroatoms. The van der Waals surface area contributed by atoms with Crippen LogP contribution in [0.4, 0.5) is 5.82 Å². The minimum Gasteiger partial charge on any atom is -0.352 e. The molecule has 0 radical (unpaired) electrons. The number of aryl methyl sites for hydroxylation is 1. The summed E-state index contributed by atoms with van der Waals surface area (Å²) in [6.45, 7) is 8.27. The Kier molecular flexibility index (Phi) is 4.82. The van der Waals surface area contributed by atoms with E-state index < -0.39 is 0 Å². The molecule has 1 saturated heterocycles. The van der Waals surface area contributed by atoms with Gasteiger partial charge >= 0.3 is 0 Å². The molecular weight excluding hydrogens is 412 g/mol. The smallest absolute Gasteiger partial charge is 0.246 e. The van der Waals surface area contributed by atoms with Crippen molar-refractivity contribution in [3.63, 3.8) is 0 Å². The van der Waals surface area contributed by atoms with Crippen molar-refractivity contribution in [2.24, 2.45) is 0 Å². The maximum absolute atomic E-state index is 11.9. The van der Waals surface area contributed by atoms with Gasteiger partial charge in [0.2, 0.25) is 5.91 Å². The quantitative estimate of drug-likeness (QED) is 0.495. The number of hydrogen-bond acceptors (Lipinski definition) is 5. The van der Waals surface area contributed by atoms with E-state index in [1.807, 2.05) is 24.4 Å². The molecule has 0 bridgehead atoms. The predicted octanol–water partition coefficient (Wildman–Crippen LogP) is 3.97. The van der Waals surface area contributed by atoms with E-state index in [0.717, 1.165) is 44.3 Å². The predicted molar refractivity (Wildman–Crippen MR) is 123 cm³/mol. The van der Waals surface area contributed by atoms with Crippen LogP contribution < -0.4 is 4.90 Å². The SMILES string of the molecule is C=CC(=O)N1CCN(c2ncnc3cc(-c4c(C)ccc5cn[nH]c45)c(Cl)cc23)CC1. The minimum absolute atomic E-state index is 0.0387. The number of carbonyl (C=O) groups excluding carboxylic acids is 1. The van der Waals surface area contributed by atoms with Crippen molar-refractivity contribution >= 4 is 45.1 Å². The molecular formula is C23H21ClN6O. The molecule has 0 aliphatic carbocycles. The fourth-order valence-corrected chi connectivity index (χ4v) is 4.50. The highest BCUT2D eigenvalue weighted by atomic mass is 35.5. The molecule has 1 aliphatic rings. The summed E-state index contributed by atoms with van der Waals surface area (Å²) >= 11 is 6.80. The van der Waals surface area contributed by atoms with Gasteiger partial charge in [-0.1, -0.05) is 30.3 Å². The molecule has 0 atom stereocenters. The number of hydrogen-bond donors (Lipinski definition) is 1. The van der Waals surface area contributed by atoms with Crippen LogP contribution in [0.5, 0.6) is 0 Å². The third kappa shape index (κ3) is 3.31. The van der Waals surface area contributed by atoms with Crippen LogP contribution in [0, 0.1) is 6.92 Å². The van der Waals surface area contributed by atoms with E-state index in [1.54, 1.807) is 11.2 Å². The van der Waals surface area contributed by atoms with Crippen LogP contribution in [0.1, 0.15) is 5.56 Å². The van der Waals surface area contributed by atoms with Gasteiger partial charge in [-0.2, -0.15) is 5.10 Å². The number of amides is 1. The lowest BCUT2D eigenvalue weighted by atomic mass is 9.97. The largest absolute Gasteiger partial charge is 0.352 e. The first-order valence-electron chi connectivity index (χ1n) is 10.1. The Morgan fingerprint density at radius 1 is 1.19 bits per heavy atom. The second kappa shape index (κ2) is 7.67. The molecule has 0 unspecified atom stereocenters. The van der Waals surface area contributed by atoms with Gasteiger partial charge in [-0.05, 0) is 30.7 Å². The summed E-state index contributed by atoms with van der Waals surface area (Å²) in [5, 5.41) is 9.85. The van der Waals surface area contributed by atoms with Crippen LogP contribution in [0.2, 0.25) is 5.02 Å². The number of anilines is 1. The number of nitrogens with one attached hydrogen (secondary N) is 1. The van der Waals surface area contributed by atoms with Gasteiger partial charge in [0.15, 0.2) is 0 Å². The van der Waals surface area contributed by atoms with Crippen molar-refractivity contribution in [1.82, 2.24) is 25.1 Å². The maximum Gasteiger partial charge on any atom is 0.246 e. The number of piperazine rings is 1. The molecule has 1 fully saturated rings. The third-order valence-corrected chi connectivity index (χ3v) is 6.18. The molecule has 2 aromatic carbocycles. The number of rotatable bonds is 3. The zero-order chi connectivity index (χ0) is 21.5. The van der Waals surface area contributed by atoms with Gasteiger partial charge in [0.1, 0.15) is 12.1 Å². The summed E-state index contributed by atoms with van der Waals surface area (Å²) in [5.41, 5.74) is 4.82. The van der Waals surface area contributed by atoms with Crippen LogP contribution in [0.15, 0.2) is 49.4 Å². The van der Waals surface area contributed by atoms with E-state index in [1.165, 1.54) is 6.08 Å². The Balaban J connectivity index is 1.57. The topological polar surface area (TPSA) is 78.0 Å². The van der Waals surface area contributed by atoms with Crippen molar-refractivity contribution in [1.29, 1.82) is 0 Å². The molecule has 0 saturated carbocycles. The van der Waals surface area contributed by atoms with Gasteiger partial charge in [0, 0.05) is 53.1 Å².